The molecule has 0 aromatic heterocycles. The molecule has 3 heteroatoms. The fraction of sp³-hybridized carbons (Fsp3) is 0.533. The first kappa shape index (κ1) is 13.1. The van der Waals surface area contributed by atoms with Gasteiger partial charge < -0.3 is 10.6 Å². The van der Waals surface area contributed by atoms with Crippen LogP contribution in [0.2, 0.25) is 0 Å². The third-order valence-corrected chi connectivity index (χ3v) is 3.99. The zero-order valence-electron chi connectivity index (χ0n) is 11.2. The van der Waals surface area contributed by atoms with E-state index in [0.717, 1.165) is 24.1 Å². The highest BCUT2D eigenvalue weighted by atomic mass is 16.2. The minimum atomic E-state index is 0.134. The Morgan fingerprint density at radius 3 is 2.83 bits per heavy atom. The molecule has 2 N–H and O–H groups in total. The summed E-state index contributed by atoms with van der Waals surface area (Å²) in [6, 6.07) is 7.96. The van der Waals surface area contributed by atoms with Crippen LogP contribution in [0.4, 0.5) is 0 Å². The van der Waals surface area contributed by atoms with Crippen LogP contribution in [0.3, 0.4) is 0 Å². The first-order chi connectivity index (χ1) is 8.65. The van der Waals surface area contributed by atoms with E-state index in [2.05, 4.69) is 6.92 Å². The summed E-state index contributed by atoms with van der Waals surface area (Å²) in [4.78, 5) is 14.6. The van der Waals surface area contributed by atoms with Gasteiger partial charge in [0.1, 0.15) is 0 Å². The van der Waals surface area contributed by atoms with Gasteiger partial charge in [-0.25, -0.2) is 0 Å². The van der Waals surface area contributed by atoms with E-state index in [1.54, 1.807) is 0 Å². The second kappa shape index (κ2) is 5.53. The molecule has 1 amide bonds. The highest BCUT2D eigenvalue weighted by molar-refractivity contribution is 5.95. The molecule has 1 aliphatic heterocycles. The van der Waals surface area contributed by atoms with Gasteiger partial charge in [-0.3, -0.25) is 4.79 Å². The first-order valence-electron chi connectivity index (χ1n) is 6.71. The molecule has 0 radical (unpaired) electrons. The van der Waals surface area contributed by atoms with E-state index < -0.39 is 0 Å². The standard InChI is InChI=1S/C15H22N2O/c1-11-6-3-4-8-13(11)15(18)17-9-5-7-12(2)14(17)10-16/h3-4,6,8,12,14H,5,7,9-10,16H2,1-2H3. The molecule has 2 atom stereocenters. The Hall–Kier alpha value is -1.35. The molecule has 1 fully saturated rings. The number of aryl methyl sites for hydroxylation is 1. The average molecular weight is 246 g/mol. The molecule has 18 heavy (non-hydrogen) atoms. The van der Waals surface area contributed by atoms with Crippen molar-refractivity contribution >= 4 is 5.91 Å². The lowest BCUT2D eigenvalue weighted by Gasteiger charge is -2.39. The van der Waals surface area contributed by atoms with Crippen LogP contribution < -0.4 is 5.73 Å². The van der Waals surface area contributed by atoms with Crippen molar-refractivity contribution in [2.24, 2.45) is 11.7 Å². The Bertz CT molecular complexity index is 430. The summed E-state index contributed by atoms with van der Waals surface area (Å²) < 4.78 is 0. The smallest absolute Gasteiger partial charge is 0.254 e. The van der Waals surface area contributed by atoms with E-state index in [0.29, 0.717) is 12.5 Å². The van der Waals surface area contributed by atoms with Gasteiger partial charge in [0.2, 0.25) is 0 Å². The Labute approximate surface area is 109 Å². The maximum Gasteiger partial charge on any atom is 0.254 e. The highest BCUT2D eigenvalue weighted by Gasteiger charge is 2.31. The van der Waals surface area contributed by atoms with Crippen LogP contribution in [0, 0.1) is 12.8 Å². The van der Waals surface area contributed by atoms with Gasteiger partial charge in [-0.15, -0.1) is 0 Å². The molecular weight excluding hydrogens is 224 g/mol. The summed E-state index contributed by atoms with van der Waals surface area (Å²) in [7, 11) is 0. The van der Waals surface area contributed by atoms with Crippen LogP contribution >= 0.6 is 0 Å². The van der Waals surface area contributed by atoms with Gasteiger partial charge in [0, 0.05) is 24.7 Å². The lowest BCUT2D eigenvalue weighted by atomic mass is 9.90. The number of hydrogen-bond acceptors (Lipinski definition) is 2. The van der Waals surface area contributed by atoms with Crippen molar-refractivity contribution in [3.63, 3.8) is 0 Å². The SMILES string of the molecule is Cc1ccccc1C(=O)N1CCCC(C)C1CN. The summed E-state index contributed by atoms with van der Waals surface area (Å²) in [5, 5.41) is 0. The van der Waals surface area contributed by atoms with Crippen molar-refractivity contribution in [2.45, 2.75) is 32.7 Å². The van der Waals surface area contributed by atoms with Crippen LogP contribution in [0.25, 0.3) is 0 Å². The molecule has 0 spiro atoms. The summed E-state index contributed by atoms with van der Waals surface area (Å²) in [5.74, 6) is 0.631. The number of rotatable bonds is 2. The molecule has 1 aromatic rings. The second-order valence-electron chi connectivity index (χ2n) is 5.24. The number of benzene rings is 1. The summed E-state index contributed by atoms with van der Waals surface area (Å²) >= 11 is 0. The molecule has 2 rings (SSSR count). The molecule has 0 aliphatic carbocycles. The molecule has 1 aromatic carbocycles. The van der Waals surface area contributed by atoms with Crippen molar-refractivity contribution in [1.82, 2.24) is 4.90 Å². The minimum Gasteiger partial charge on any atom is -0.334 e. The molecule has 0 saturated carbocycles. The van der Waals surface area contributed by atoms with Crippen LogP contribution in [0.1, 0.15) is 35.7 Å². The van der Waals surface area contributed by atoms with E-state index in [9.17, 15) is 4.79 Å². The molecule has 98 valence electrons. The third-order valence-electron chi connectivity index (χ3n) is 3.99. The fourth-order valence-electron chi connectivity index (χ4n) is 2.83. The Balaban J connectivity index is 2.25. The van der Waals surface area contributed by atoms with E-state index in [1.165, 1.54) is 6.42 Å². The van der Waals surface area contributed by atoms with Gasteiger partial charge in [0.25, 0.3) is 5.91 Å². The first-order valence-corrected chi connectivity index (χ1v) is 6.71. The minimum absolute atomic E-state index is 0.134. The number of hydrogen-bond donors (Lipinski definition) is 1. The van der Waals surface area contributed by atoms with Crippen molar-refractivity contribution in [1.29, 1.82) is 0 Å². The summed E-state index contributed by atoms with van der Waals surface area (Å²) in [5.41, 5.74) is 7.69. The second-order valence-corrected chi connectivity index (χ2v) is 5.24. The lowest BCUT2D eigenvalue weighted by molar-refractivity contribution is 0.0532. The predicted molar refractivity (Wildman–Crippen MR) is 73.5 cm³/mol. The average Bonchev–Trinajstić information content (AvgIpc) is 2.38. The normalized spacial score (nSPS) is 24.1. The Kier molecular flexibility index (Phi) is 4.02. The molecule has 1 saturated heterocycles. The highest BCUT2D eigenvalue weighted by Crippen LogP contribution is 2.25. The predicted octanol–water partition coefficient (Wildman–Crippen LogP) is 2.19. The number of carbonyl (C=O) groups excluding carboxylic acids is 1. The van der Waals surface area contributed by atoms with Gasteiger partial charge in [0.15, 0.2) is 0 Å². The quantitative estimate of drug-likeness (QED) is 0.869. The van der Waals surface area contributed by atoms with Gasteiger partial charge in [0.05, 0.1) is 0 Å². The molecule has 1 heterocycles. The maximum absolute atomic E-state index is 12.6. The Morgan fingerprint density at radius 1 is 1.44 bits per heavy atom. The van der Waals surface area contributed by atoms with Crippen molar-refractivity contribution in [3.05, 3.63) is 35.4 Å². The third kappa shape index (κ3) is 2.41. The fourth-order valence-corrected chi connectivity index (χ4v) is 2.83. The number of likely N-dealkylation sites (tertiary alicyclic amines) is 1. The van der Waals surface area contributed by atoms with E-state index in [-0.39, 0.29) is 11.9 Å². The van der Waals surface area contributed by atoms with Gasteiger partial charge in [-0.2, -0.15) is 0 Å². The molecule has 0 bridgehead atoms. The van der Waals surface area contributed by atoms with Crippen molar-refractivity contribution < 1.29 is 4.79 Å². The van der Waals surface area contributed by atoms with Crippen LogP contribution in [-0.4, -0.2) is 29.9 Å². The van der Waals surface area contributed by atoms with Gasteiger partial charge >= 0.3 is 0 Å². The topological polar surface area (TPSA) is 46.3 Å². The number of nitrogens with zero attached hydrogens (tertiary/aromatic N) is 1. The van der Waals surface area contributed by atoms with E-state index >= 15 is 0 Å². The van der Waals surface area contributed by atoms with E-state index in [1.807, 2.05) is 36.1 Å². The van der Waals surface area contributed by atoms with Crippen molar-refractivity contribution in [2.75, 3.05) is 13.1 Å². The van der Waals surface area contributed by atoms with Crippen molar-refractivity contribution in [3.8, 4) is 0 Å². The number of carbonyl (C=O) groups is 1. The molecular formula is C15H22N2O. The zero-order chi connectivity index (χ0) is 13.1. The Morgan fingerprint density at radius 2 is 2.17 bits per heavy atom. The molecule has 2 unspecified atom stereocenters. The molecule has 1 aliphatic rings. The summed E-state index contributed by atoms with van der Waals surface area (Å²) in [6.45, 7) is 5.56. The van der Waals surface area contributed by atoms with Crippen LogP contribution in [-0.2, 0) is 0 Å². The van der Waals surface area contributed by atoms with Crippen LogP contribution in [0.5, 0.6) is 0 Å². The van der Waals surface area contributed by atoms with E-state index in [4.69, 9.17) is 5.73 Å². The van der Waals surface area contributed by atoms with Crippen LogP contribution in [0.15, 0.2) is 24.3 Å². The largest absolute Gasteiger partial charge is 0.334 e. The summed E-state index contributed by atoms with van der Waals surface area (Å²) in [6.07, 6.45) is 2.24. The number of nitrogens with two attached hydrogens (primary N) is 1. The van der Waals surface area contributed by atoms with Gasteiger partial charge in [-0.05, 0) is 37.3 Å². The molecule has 3 nitrogen and oxygen atoms in total. The number of piperidine rings is 1. The maximum atomic E-state index is 12.6. The lowest BCUT2D eigenvalue weighted by Crippen LogP contribution is -2.51. The number of amides is 1. The van der Waals surface area contributed by atoms with Gasteiger partial charge in [-0.1, -0.05) is 25.1 Å². The zero-order valence-corrected chi connectivity index (χ0v) is 11.2. The monoisotopic (exact) mass is 246 g/mol.